The highest BCUT2D eigenvalue weighted by Crippen LogP contribution is 2.38. The van der Waals surface area contributed by atoms with Crippen LogP contribution in [0.4, 0.5) is 11.4 Å². The molecule has 0 aliphatic rings. The van der Waals surface area contributed by atoms with Crippen molar-refractivity contribution in [3.63, 3.8) is 0 Å². The second-order valence-electron chi connectivity index (χ2n) is 4.59. The largest absolute Gasteiger partial charge is 0.493 e. The molecule has 0 radical (unpaired) electrons. The minimum absolute atomic E-state index is 0.0198. The zero-order valence-electron chi connectivity index (χ0n) is 12.7. The highest BCUT2D eigenvalue weighted by molar-refractivity contribution is 6.12. The number of hydrogen-bond donors (Lipinski definition) is 0. The van der Waals surface area contributed by atoms with Crippen LogP contribution in [-0.4, -0.2) is 29.8 Å². The van der Waals surface area contributed by atoms with Gasteiger partial charge in [0.25, 0.3) is 5.69 Å². The summed E-state index contributed by atoms with van der Waals surface area (Å²) < 4.78 is 9.96. The smallest absolute Gasteiger partial charge is 0.315 e. The minimum atomic E-state index is -0.730. The number of ketones is 1. The maximum atomic E-state index is 12.6. The molecule has 0 amide bonds. The van der Waals surface area contributed by atoms with Crippen molar-refractivity contribution in [2.24, 2.45) is 0 Å². The maximum absolute atomic E-state index is 12.6. The van der Waals surface area contributed by atoms with Crippen LogP contribution in [0.25, 0.3) is 0 Å². The van der Waals surface area contributed by atoms with Gasteiger partial charge in [-0.3, -0.25) is 25.0 Å². The van der Waals surface area contributed by atoms with E-state index in [2.05, 4.69) is 0 Å². The monoisotopic (exact) mass is 332 g/mol. The number of rotatable bonds is 6. The lowest BCUT2D eigenvalue weighted by Gasteiger charge is -2.10. The van der Waals surface area contributed by atoms with Crippen molar-refractivity contribution in [1.29, 1.82) is 0 Å². The van der Waals surface area contributed by atoms with Gasteiger partial charge in [0, 0.05) is 17.7 Å². The molecular weight excluding hydrogens is 320 g/mol. The number of methoxy groups -OCH3 is 2. The van der Waals surface area contributed by atoms with E-state index in [1.807, 2.05) is 0 Å². The Labute approximate surface area is 135 Å². The van der Waals surface area contributed by atoms with Gasteiger partial charge in [0.2, 0.25) is 5.75 Å². The van der Waals surface area contributed by atoms with E-state index in [4.69, 9.17) is 9.47 Å². The number of nitrogens with zero attached hydrogens (tertiary/aromatic N) is 2. The quantitative estimate of drug-likeness (QED) is 0.453. The van der Waals surface area contributed by atoms with Crippen molar-refractivity contribution in [3.05, 3.63) is 67.8 Å². The van der Waals surface area contributed by atoms with Crippen LogP contribution >= 0.6 is 0 Å². The molecule has 124 valence electrons. The van der Waals surface area contributed by atoms with E-state index in [0.29, 0.717) is 0 Å². The Balaban J connectivity index is 2.65. The van der Waals surface area contributed by atoms with Gasteiger partial charge in [-0.25, -0.2) is 0 Å². The van der Waals surface area contributed by atoms with Crippen molar-refractivity contribution in [1.82, 2.24) is 0 Å². The van der Waals surface area contributed by atoms with Crippen LogP contribution in [0.3, 0.4) is 0 Å². The van der Waals surface area contributed by atoms with E-state index in [0.717, 1.165) is 6.07 Å². The summed E-state index contributed by atoms with van der Waals surface area (Å²) in [6.07, 6.45) is 0. The lowest BCUT2D eigenvalue weighted by molar-refractivity contribution is -0.385. The van der Waals surface area contributed by atoms with Crippen LogP contribution in [-0.2, 0) is 0 Å². The fourth-order valence-electron chi connectivity index (χ4n) is 2.19. The van der Waals surface area contributed by atoms with Gasteiger partial charge < -0.3 is 9.47 Å². The van der Waals surface area contributed by atoms with E-state index in [1.54, 1.807) is 0 Å². The highest BCUT2D eigenvalue weighted by atomic mass is 16.6. The number of nitro groups is 2. The van der Waals surface area contributed by atoms with Gasteiger partial charge in [-0.15, -0.1) is 0 Å². The number of ether oxygens (including phenoxy) is 2. The molecule has 9 nitrogen and oxygen atoms in total. The van der Waals surface area contributed by atoms with Crippen molar-refractivity contribution < 1.29 is 24.1 Å². The summed E-state index contributed by atoms with van der Waals surface area (Å²) in [4.78, 5) is 33.4. The van der Waals surface area contributed by atoms with E-state index >= 15 is 0 Å². The summed E-state index contributed by atoms with van der Waals surface area (Å²) in [5.41, 5.74) is -1.16. The van der Waals surface area contributed by atoms with Crippen LogP contribution in [0.2, 0.25) is 0 Å². The predicted octanol–water partition coefficient (Wildman–Crippen LogP) is 2.75. The first-order valence-electron chi connectivity index (χ1n) is 6.59. The Morgan fingerprint density at radius 2 is 1.58 bits per heavy atom. The van der Waals surface area contributed by atoms with Crippen LogP contribution in [0.5, 0.6) is 11.5 Å². The summed E-state index contributed by atoms with van der Waals surface area (Å²) in [5.74, 6) is -0.887. The van der Waals surface area contributed by atoms with Gasteiger partial charge >= 0.3 is 5.69 Å². The molecule has 0 heterocycles. The molecule has 0 saturated carbocycles. The molecule has 2 aromatic carbocycles. The molecule has 0 saturated heterocycles. The molecule has 2 aromatic rings. The summed E-state index contributed by atoms with van der Waals surface area (Å²) in [5, 5.41) is 22.2. The van der Waals surface area contributed by atoms with Gasteiger partial charge in [0.15, 0.2) is 11.5 Å². The van der Waals surface area contributed by atoms with Gasteiger partial charge in [0.05, 0.1) is 24.1 Å². The third-order valence-electron chi connectivity index (χ3n) is 3.26. The van der Waals surface area contributed by atoms with E-state index in [9.17, 15) is 25.0 Å². The average molecular weight is 332 g/mol. The molecule has 0 unspecified atom stereocenters. The Morgan fingerprint density at radius 1 is 0.958 bits per heavy atom. The zero-order chi connectivity index (χ0) is 17.9. The van der Waals surface area contributed by atoms with Gasteiger partial charge in [-0.2, -0.15) is 0 Å². The number of para-hydroxylation sites is 1. The number of benzene rings is 2. The van der Waals surface area contributed by atoms with Crippen molar-refractivity contribution in [2.45, 2.75) is 0 Å². The average Bonchev–Trinajstić information content (AvgIpc) is 2.59. The number of carbonyl (C=O) groups excluding carboxylic acids is 1. The van der Waals surface area contributed by atoms with E-state index in [1.165, 1.54) is 44.6 Å². The first kappa shape index (κ1) is 16.9. The van der Waals surface area contributed by atoms with Gasteiger partial charge in [0.1, 0.15) is 5.56 Å². The fourth-order valence-corrected chi connectivity index (χ4v) is 2.19. The third kappa shape index (κ3) is 3.00. The summed E-state index contributed by atoms with van der Waals surface area (Å²) >= 11 is 0. The molecule has 0 fully saturated rings. The normalized spacial score (nSPS) is 10.1. The Hall–Kier alpha value is -3.49. The lowest BCUT2D eigenvalue weighted by atomic mass is 10.0. The second kappa shape index (κ2) is 6.73. The Bertz CT molecular complexity index is 833. The third-order valence-corrected chi connectivity index (χ3v) is 3.26. The Kier molecular flexibility index (Phi) is 4.73. The van der Waals surface area contributed by atoms with Crippen LogP contribution in [0, 0.1) is 20.2 Å². The number of carbonyl (C=O) groups is 1. The van der Waals surface area contributed by atoms with Gasteiger partial charge in [-0.1, -0.05) is 12.1 Å². The SMILES string of the molecule is COc1cc(C(=O)c2ccccc2[N+](=O)[O-])cc([N+](=O)[O-])c1OC. The minimum Gasteiger partial charge on any atom is -0.493 e. The van der Waals surface area contributed by atoms with Crippen LogP contribution < -0.4 is 9.47 Å². The Morgan fingerprint density at radius 3 is 2.12 bits per heavy atom. The van der Waals surface area contributed by atoms with Crippen LogP contribution in [0.15, 0.2) is 36.4 Å². The molecule has 0 aliphatic heterocycles. The molecule has 0 aliphatic carbocycles. The molecule has 0 N–H and O–H groups in total. The molecule has 2 rings (SSSR count). The van der Waals surface area contributed by atoms with Gasteiger partial charge in [-0.05, 0) is 12.1 Å². The maximum Gasteiger partial charge on any atom is 0.315 e. The zero-order valence-corrected chi connectivity index (χ0v) is 12.7. The standard InChI is InChI=1S/C15H12N2O7/c1-23-13-8-9(7-12(17(21)22)15(13)24-2)14(18)10-5-3-4-6-11(10)16(19)20/h3-8H,1-2H3. The lowest BCUT2D eigenvalue weighted by Crippen LogP contribution is -2.07. The fraction of sp³-hybridized carbons (Fsp3) is 0.133. The summed E-state index contributed by atoms with van der Waals surface area (Å²) in [6, 6.07) is 7.60. The molecule has 24 heavy (non-hydrogen) atoms. The highest BCUT2D eigenvalue weighted by Gasteiger charge is 2.27. The number of hydrogen-bond acceptors (Lipinski definition) is 7. The molecule has 0 spiro atoms. The van der Waals surface area contributed by atoms with Crippen molar-refractivity contribution in [2.75, 3.05) is 14.2 Å². The van der Waals surface area contributed by atoms with Crippen molar-refractivity contribution >= 4 is 17.2 Å². The second-order valence-corrected chi connectivity index (χ2v) is 4.59. The molecule has 9 heteroatoms. The summed E-state index contributed by atoms with van der Waals surface area (Å²) in [6.45, 7) is 0. The van der Waals surface area contributed by atoms with E-state index < -0.39 is 21.3 Å². The molecule has 0 bridgehead atoms. The van der Waals surface area contributed by atoms with Crippen molar-refractivity contribution in [3.8, 4) is 11.5 Å². The topological polar surface area (TPSA) is 122 Å². The summed E-state index contributed by atoms with van der Waals surface area (Å²) in [7, 11) is 2.50. The number of nitro benzene ring substituents is 2. The molecule has 0 atom stereocenters. The predicted molar refractivity (Wildman–Crippen MR) is 82.7 cm³/mol. The molecular formula is C15H12N2O7. The first-order chi connectivity index (χ1) is 11.4. The molecule has 0 aromatic heterocycles. The van der Waals surface area contributed by atoms with E-state index in [-0.39, 0.29) is 28.3 Å². The van der Waals surface area contributed by atoms with Crippen LogP contribution in [0.1, 0.15) is 15.9 Å². The first-order valence-corrected chi connectivity index (χ1v) is 6.59.